The molecule has 2 aliphatic rings. The van der Waals surface area contributed by atoms with Crippen LogP contribution in [0.3, 0.4) is 0 Å². The number of amidine groups is 2. The van der Waals surface area contributed by atoms with Gasteiger partial charge in [-0.3, -0.25) is 4.90 Å². The average molecular weight is 303 g/mol. The molecule has 0 saturated carbocycles. The second kappa shape index (κ2) is 5.28. The standard InChI is InChI=1S/C18H17N5/c1-13-22(12-11-14-7-3-2-4-8-14)21-18-17(19)20-15-9-5-6-10-16(15)23(13)18/h2-10H,1,11-12H2,(H2,19,20). The zero-order valence-corrected chi connectivity index (χ0v) is 12.7. The van der Waals surface area contributed by atoms with E-state index in [0.29, 0.717) is 11.7 Å². The van der Waals surface area contributed by atoms with Crippen molar-refractivity contribution in [3.05, 3.63) is 72.6 Å². The van der Waals surface area contributed by atoms with E-state index in [1.807, 2.05) is 52.4 Å². The molecule has 0 bridgehead atoms. The van der Waals surface area contributed by atoms with E-state index in [9.17, 15) is 0 Å². The summed E-state index contributed by atoms with van der Waals surface area (Å²) in [6.07, 6.45) is 0.892. The first kappa shape index (κ1) is 13.6. The second-order valence-corrected chi connectivity index (χ2v) is 5.52. The Hall–Kier alpha value is -3.08. The summed E-state index contributed by atoms with van der Waals surface area (Å²) >= 11 is 0. The van der Waals surface area contributed by atoms with Crippen LogP contribution >= 0.6 is 0 Å². The van der Waals surface area contributed by atoms with Crippen molar-refractivity contribution in [2.24, 2.45) is 15.8 Å². The summed E-state index contributed by atoms with van der Waals surface area (Å²) in [5, 5.41) is 6.50. The summed E-state index contributed by atoms with van der Waals surface area (Å²) in [5.74, 6) is 1.88. The van der Waals surface area contributed by atoms with Gasteiger partial charge in [-0.05, 0) is 24.1 Å². The highest BCUT2D eigenvalue weighted by Crippen LogP contribution is 2.37. The lowest BCUT2D eigenvalue weighted by atomic mass is 10.1. The van der Waals surface area contributed by atoms with Gasteiger partial charge in [0.25, 0.3) is 0 Å². The maximum Gasteiger partial charge on any atom is 0.202 e. The third kappa shape index (κ3) is 2.26. The minimum atomic E-state index is 0.423. The Bertz CT molecular complexity index is 822. The summed E-state index contributed by atoms with van der Waals surface area (Å²) in [6.45, 7) is 4.94. The largest absolute Gasteiger partial charge is 0.381 e. The molecular formula is C18H17N5. The first-order chi connectivity index (χ1) is 11.2. The van der Waals surface area contributed by atoms with Gasteiger partial charge in [-0.25, -0.2) is 10.0 Å². The van der Waals surface area contributed by atoms with Gasteiger partial charge in [0.1, 0.15) is 5.82 Å². The van der Waals surface area contributed by atoms with Crippen molar-refractivity contribution in [1.82, 2.24) is 5.01 Å². The Labute approximate surface area is 135 Å². The molecule has 0 saturated heterocycles. The monoisotopic (exact) mass is 303 g/mol. The van der Waals surface area contributed by atoms with Gasteiger partial charge in [-0.15, -0.1) is 5.10 Å². The predicted molar refractivity (Wildman–Crippen MR) is 93.6 cm³/mol. The molecule has 0 fully saturated rings. The first-order valence-corrected chi connectivity index (χ1v) is 7.57. The van der Waals surface area contributed by atoms with Crippen LogP contribution in [0.1, 0.15) is 5.56 Å². The molecule has 5 heteroatoms. The number of aliphatic imine (C=N–C) groups is 1. The van der Waals surface area contributed by atoms with Gasteiger partial charge < -0.3 is 5.73 Å². The van der Waals surface area contributed by atoms with Gasteiger partial charge in [0.05, 0.1) is 11.4 Å². The number of anilines is 1. The van der Waals surface area contributed by atoms with E-state index in [1.54, 1.807) is 0 Å². The summed E-state index contributed by atoms with van der Waals surface area (Å²) in [6, 6.07) is 18.2. The van der Waals surface area contributed by atoms with Crippen molar-refractivity contribution in [3.63, 3.8) is 0 Å². The summed E-state index contributed by atoms with van der Waals surface area (Å²) in [7, 11) is 0. The zero-order chi connectivity index (χ0) is 15.8. The van der Waals surface area contributed by atoms with E-state index in [4.69, 9.17) is 5.73 Å². The molecule has 2 aromatic carbocycles. The lowest BCUT2D eigenvalue weighted by Gasteiger charge is -2.27. The molecule has 114 valence electrons. The number of hydrazone groups is 1. The van der Waals surface area contributed by atoms with Crippen molar-refractivity contribution in [2.75, 3.05) is 11.4 Å². The van der Waals surface area contributed by atoms with Gasteiger partial charge in [0.15, 0.2) is 5.84 Å². The molecule has 4 rings (SSSR count). The highest BCUT2D eigenvalue weighted by atomic mass is 15.6. The molecule has 0 spiro atoms. The van der Waals surface area contributed by atoms with Crippen LogP contribution in [0.5, 0.6) is 0 Å². The Balaban J connectivity index is 1.60. The van der Waals surface area contributed by atoms with Gasteiger partial charge in [0.2, 0.25) is 5.84 Å². The lowest BCUT2D eigenvalue weighted by molar-refractivity contribution is 0.385. The Morgan fingerprint density at radius 3 is 2.57 bits per heavy atom. The number of para-hydroxylation sites is 2. The van der Waals surface area contributed by atoms with Crippen molar-refractivity contribution in [3.8, 4) is 0 Å². The fraction of sp³-hybridized carbons (Fsp3) is 0.111. The first-order valence-electron chi connectivity index (χ1n) is 7.57. The molecule has 23 heavy (non-hydrogen) atoms. The predicted octanol–water partition coefficient (Wildman–Crippen LogP) is 2.84. The second-order valence-electron chi connectivity index (χ2n) is 5.52. The topological polar surface area (TPSA) is 57.2 Å². The number of rotatable bonds is 3. The molecule has 0 aliphatic carbocycles. The molecular weight excluding hydrogens is 286 g/mol. The van der Waals surface area contributed by atoms with Crippen LogP contribution in [0.4, 0.5) is 11.4 Å². The van der Waals surface area contributed by atoms with Crippen molar-refractivity contribution in [2.45, 2.75) is 6.42 Å². The van der Waals surface area contributed by atoms with E-state index in [2.05, 4.69) is 28.8 Å². The molecule has 0 atom stereocenters. The molecule has 0 amide bonds. The number of hydrogen-bond donors (Lipinski definition) is 1. The fourth-order valence-electron chi connectivity index (χ4n) is 2.86. The highest BCUT2D eigenvalue weighted by molar-refractivity contribution is 6.48. The SMILES string of the molecule is C=C1N(CCc2ccccc2)N=C2C(N)=Nc3ccccc3N12. The van der Waals surface area contributed by atoms with Crippen LogP contribution in [0.15, 0.2) is 77.1 Å². The molecule has 2 aromatic rings. The minimum Gasteiger partial charge on any atom is -0.381 e. The van der Waals surface area contributed by atoms with Crippen molar-refractivity contribution < 1.29 is 0 Å². The highest BCUT2D eigenvalue weighted by Gasteiger charge is 2.34. The molecule has 0 aromatic heterocycles. The normalized spacial score (nSPS) is 15.9. The van der Waals surface area contributed by atoms with Crippen LogP contribution in [0, 0.1) is 0 Å². The zero-order valence-electron chi connectivity index (χ0n) is 12.7. The van der Waals surface area contributed by atoms with Crippen LogP contribution < -0.4 is 10.6 Å². The van der Waals surface area contributed by atoms with Crippen molar-refractivity contribution >= 4 is 23.0 Å². The third-order valence-electron chi connectivity index (χ3n) is 4.03. The number of benzene rings is 2. The number of hydrogen-bond acceptors (Lipinski definition) is 5. The Morgan fingerprint density at radius 2 is 1.74 bits per heavy atom. The maximum absolute atomic E-state index is 6.08. The van der Waals surface area contributed by atoms with Crippen LogP contribution in [0.2, 0.25) is 0 Å². The van der Waals surface area contributed by atoms with Gasteiger partial charge in [-0.2, -0.15) is 0 Å². The van der Waals surface area contributed by atoms with Crippen molar-refractivity contribution in [1.29, 1.82) is 0 Å². The average Bonchev–Trinajstić information content (AvgIpc) is 2.92. The van der Waals surface area contributed by atoms with Gasteiger partial charge in [0, 0.05) is 6.54 Å². The number of fused-ring (bicyclic) bond motifs is 3. The maximum atomic E-state index is 6.08. The minimum absolute atomic E-state index is 0.423. The summed E-state index contributed by atoms with van der Waals surface area (Å²) < 4.78 is 0. The summed E-state index contributed by atoms with van der Waals surface area (Å²) in [5.41, 5.74) is 9.16. The van der Waals surface area contributed by atoms with E-state index < -0.39 is 0 Å². The third-order valence-corrected chi connectivity index (χ3v) is 4.03. The fourth-order valence-corrected chi connectivity index (χ4v) is 2.86. The van der Waals surface area contributed by atoms with E-state index in [1.165, 1.54) is 5.56 Å². The number of nitrogens with two attached hydrogens (primary N) is 1. The van der Waals surface area contributed by atoms with Crippen LogP contribution in [-0.2, 0) is 6.42 Å². The smallest absolute Gasteiger partial charge is 0.202 e. The van der Waals surface area contributed by atoms with Crippen LogP contribution in [-0.4, -0.2) is 23.2 Å². The Morgan fingerprint density at radius 1 is 1.00 bits per heavy atom. The van der Waals surface area contributed by atoms with E-state index in [-0.39, 0.29) is 0 Å². The summed E-state index contributed by atoms with van der Waals surface area (Å²) in [4.78, 5) is 6.40. The molecule has 2 heterocycles. The lowest BCUT2D eigenvalue weighted by Crippen LogP contribution is -2.39. The van der Waals surface area contributed by atoms with E-state index in [0.717, 1.165) is 30.2 Å². The Kier molecular flexibility index (Phi) is 3.12. The number of nitrogens with zero attached hydrogens (tertiary/aromatic N) is 4. The van der Waals surface area contributed by atoms with Gasteiger partial charge >= 0.3 is 0 Å². The van der Waals surface area contributed by atoms with Gasteiger partial charge in [-0.1, -0.05) is 49.0 Å². The van der Waals surface area contributed by atoms with Crippen LogP contribution in [0.25, 0.3) is 0 Å². The molecule has 5 nitrogen and oxygen atoms in total. The molecule has 2 aliphatic heterocycles. The molecule has 0 unspecified atom stereocenters. The molecule has 2 N–H and O–H groups in total. The van der Waals surface area contributed by atoms with E-state index >= 15 is 0 Å². The molecule has 0 radical (unpaired) electrons. The quantitative estimate of drug-likeness (QED) is 0.948.